The molecule has 9 nitrogen and oxygen atoms in total. The second kappa shape index (κ2) is 9.82. The van der Waals surface area contributed by atoms with E-state index >= 15 is 0 Å². The molecule has 0 aliphatic rings. The first-order chi connectivity index (χ1) is 14.1. The van der Waals surface area contributed by atoms with Crippen LogP contribution in [0.1, 0.15) is 27.2 Å². The van der Waals surface area contributed by atoms with E-state index in [1.807, 2.05) is 6.92 Å². The Morgan fingerprint density at radius 1 is 1.27 bits per heavy atom. The van der Waals surface area contributed by atoms with Crippen molar-refractivity contribution < 1.29 is 14.3 Å². The molecule has 2 aromatic rings. The zero-order valence-corrected chi connectivity index (χ0v) is 18.3. The topological polar surface area (TPSA) is 120 Å². The van der Waals surface area contributed by atoms with Crippen molar-refractivity contribution in [1.29, 1.82) is 0 Å². The van der Waals surface area contributed by atoms with Gasteiger partial charge in [0.15, 0.2) is 11.3 Å². The Bertz CT molecular complexity index is 998. The fourth-order valence-electron chi connectivity index (χ4n) is 2.95. The van der Waals surface area contributed by atoms with E-state index in [1.165, 1.54) is 16.6 Å². The van der Waals surface area contributed by atoms with Crippen LogP contribution in [0.15, 0.2) is 33.9 Å². The molecule has 164 valence electrons. The molecule has 30 heavy (non-hydrogen) atoms. The minimum Gasteiger partial charge on any atom is -0.478 e. The number of nitrogens with zero attached hydrogens (tertiary/aromatic N) is 2. The van der Waals surface area contributed by atoms with Crippen molar-refractivity contribution in [2.75, 3.05) is 30.9 Å². The first-order valence-electron chi connectivity index (χ1n) is 9.50. The summed E-state index contributed by atoms with van der Waals surface area (Å²) in [6.07, 6.45) is 0.618. The number of anilines is 2. The molecule has 0 radical (unpaired) electrons. The molecule has 1 amide bonds. The average molecular weight is 439 g/mol. The van der Waals surface area contributed by atoms with Gasteiger partial charge in [-0.15, -0.1) is 0 Å². The molecule has 1 aromatic carbocycles. The molecule has 2 rings (SSSR count). The Labute approximate surface area is 179 Å². The maximum atomic E-state index is 13.4. The van der Waals surface area contributed by atoms with Crippen molar-refractivity contribution in [3.05, 3.63) is 50.1 Å². The largest absolute Gasteiger partial charge is 0.478 e. The first kappa shape index (κ1) is 23.5. The van der Waals surface area contributed by atoms with E-state index in [1.54, 1.807) is 38.1 Å². The fourth-order valence-corrected chi connectivity index (χ4v) is 3.07. The molecule has 0 spiro atoms. The molecule has 3 N–H and O–H groups in total. The number of benzene rings is 1. The summed E-state index contributed by atoms with van der Waals surface area (Å²) < 4.78 is 12.2. The number of rotatable bonds is 9. The third-order valence-corrected chi connectivity index (χ3v) is 4.65. The second-order valence-corrected chi connectivity index (χ2v) is 7.60. The van der Waals surface area contributed by atoms with Crippen LogP contribution in [-0.2, 0) is 16.1 Å². The van der Waals surface area contributed by atoms with Gasteiger partial charge in [0, 0.05) is 25.2 Å². The number of carbonyl (C=O) groups excluding carboxylic acids is 1. The van der Waals surface area contributed by atoms with Gasteiger partial charge in [-0.3, -0.25) is 24.0 Å². The second-order valence-electron chi connectivity index (χ2n) is 7.16. The summed E-state index contributed by atoms with van der Waals surface area (Å²) in [7, 11) is 1.48. The van der Waals surface area contributed by atoms with Crippen LogP contribution >= 0.6 is 11.6 Å². The van der Waals surface area contributed by atoms with E-state index in [9.17, 15) is 14.4 Å². The Hall–Kier alpha value is -2.78. The van der Waals surface area contributed by atoms with Crippen LogP contribution in [0.4, 0.5) is 11.5 Å². The summed E-state index contributed by atoms with van der Waals surface area (Å²) in [5.74, 6) is -0.173. The van der Waals surface area contributed by atoms with Crippen LogP contribution in [0, 0.1) is 0 Å². The van der Waals surface area contributed by atoms with Gasteiger partial charge in [0.1, 0.15) is 11.6 Å². The molecule has 1 heterocycles. The van der Waals surface area contributed by atoms with Crippen LogP contribution in [0.3, 0.4) is 0 Å². The minimum atomic E-state index is -1.35. The van der Waals surface area contributed by atoms with Crippen LogP contribution < -0.4 is 26.6 Å². The summed E-state index contributed by atoms with van der Waals surface area (Å²) in [5, 5.41) is 0.533. The van der Waals surface area contributed by atoms with Crippen LogP contribution in [0.2, 0.25) is 5.02 Å². The number of nitrogens with one attached hydrogen (secondary N) is 1. The minimum absolute atomic E-state index is 0.0420. The summed E-state index contributed by atoms with van der Waals surface area (Å²) in [6.45, 7) is 5.51. The number of halogens is 1. The molecule has 0 saturated carbocycles. The number of hydrogen-bond acceptors (Lipinski definition) is 6. The zero-order chi connectivity index (χ0) is 22.5. The number of nitrogens with two attached hydrogens (primary N) is 1. The Morgan fingerprint density at radius 2 is 1.90 bits per heavy atom. The molecular weight excluding hydrogens is 412 g/mol. The third-order valence-electron chi connectivity index (χ3n) is 4.40. The van der Waals surface area contributed by atoms with E-state index in [4.69, 9.17) is 26.8 Å². The van der Waals surface area contributed by atoms with E-state index in [-0.39, 0.29) is 24.7 Å². The van der Waals surface area contributed by atoms with E-state index in [0.29, 0.717) is 23.7 Å². The lowest BCUT2D eigenvalue weighted by Crippen LogP contribution is -2.52. The predicted octanol–water partition coefficient (Wildman–Crippen LogP) is 2.02. The highest BCUT2D eigenvalue weighted by Crippen LogP contribution is 2.25. The Balaban J connectivity index is 2.50. The molecule has 10 heteroatoms. The predicted molar refractivity (Wildman–Crippen MR) is 116 cm³/mol. The molecule has 0 atom stereocenters. The van der Waals surface area contributed by atoms with Crippen molar-refractivity contribution in [2.45, 2.75) is 39.3 Å². The maximum absolute atomic E-state index is 13.4. The molecule has 0 saturated heterocycles. The smallest absolute Gasteiger partial charge is 0.330 e. The van der Waals surface area contributed by atoms with Gasteiger partial charge in [-0.25, -0.2) is 4.79 Å². The van der Waals surface area contributed by atoms with E-state index in [2.05, 4.69) is 4.98 Å². The number of aromatic amines is 1. The summed E-state index contributed by atoms with van der Waals surface area (Å²) in [5.41, 5.74) is 3.30. The quantitative estimate of drug-likeness (QED) is 0.618. The molecule has 0 unspecified atom stereocenters. The molecule has 0 aliphatic carbocycles. The van der Waals surface area contributed by atoms with E-state index < -0.39 is 22.8 Å². The monoisotopic (exact) mass is 438 g/mol. The number of H-pyrrole nitrogens is 1. The SMILES string of the molecule is CCCn1c(N)c(N(CCOC)C(=O)C(C)(C)Oc2ccc(Cl)cc2)c(=O)[nH]c1=O. The van der Waals surface area contributed by atoms with Gasteiger partial charge in [-0.05, 0) is 44.5 Å². The van der Waals surface area contributed by atoms with Crippen molar-refractivity contribution in [3.8, 4) is 5.75 Å². The average Bonchev–Trinajstić information content (AvgIpc) is 2.68. The Kier molecular flexibility index (Phi) is 7.69. The van der Waals surface area contributed by atoms with Gasteiger partial charge in [0.2, 0.25) is 0 Å². The molecule has 0 bridgehead atoms. The normalized spacial score (nSPS) is 11.4. The lowest BCUT2D eigenvalue weighted by Gasteiger charge is -2.32. The highest BCUT2D eigenvalue weighted by molar-refractivity contribution is 6.30. The van der Waals surface area contributed by atoms with Gasteiger partial charge >= 0.3 is 5.69 Å². The lowest BCUT2D eigenvalue weighted by atomic mass is 10.1. The number of carbonyl (C=O) groups is 1. The van der Waals surface area contributed by atoms with Crippen LogP contribution in [-0.4, -0.2) is 41.3 Å². The van der Waals surface area contributed by atoms with Gasteiger partial charge in [-0.1, -0.05) is 18.5 Å². The van der Waals surface area contributed by atoms with Crippen LogP contribution in [0.25, 0.3) is 0 Å². The summed E-state index contributed by atoms with van der Waals surface area (Å²) in [6, 6.07) is 6.56. The van der Waals surface area contributed by atoms with Crippen molar-refractivity contribution in [3.63, 3.8) is 0 Å². The number of amides is 1. The maximum Gasteiger partial charge on any atom is 0.330 e. The standard InChI is InChI=1S/C20H27ClN4O5/c1-5-10-25-16(22)15(17(26)23-19(25)28)24(11-12-29-4)18(27)20(2,3)30-14-8-6-13(21)7-9-14/h6-9H,5,10-12,22H2,1-4H3,(H,23,26,28). The Morgan fingerprint density at radius 3 is 2.47 bits per heavy atom. The number of methoxy groups -OCH3 is 1. The molecular formula is C20H27ClN4O5. The van der Waals surface area contributed by atoms with Crippen molar-refractivity contribution in [1.82, 2.24) is 9.55 Å². The summed E-state index contributed by atoms with van der Waals surface area (Å²) >= 11 is 5.90. The molecule has 1 aromatic heterocycles. The lowest BCUT2D eigenvalue weighted by molar-refractivity contribution is -0.131. The molecule has 0 aliphatic heterocycles. The fraction of sp³-hybridized carbons (Fsp3) is 0.450. The van der Waals surface area contributed by atoms with Gasteiger partial charge < -0.3 is 15.2 Å². The zero-order valence-electron chi connectivity index (χ0n) is 17.5. The number of ether oxygens (including phenoxy) is 2. The third kappa shape index (κ3) is 5.22. The first-order valence-corrected chi connectivity index (χ1v) is 9.88. The van der Waals surface area contributed by atoms with E-state index in [0.717, 1.165) is 0 Å². The highest BCUT2D eigenvalue weighted by atomic mass is 35.5. The number of nitrogen functional groups attached to an aromatic ring is 1. The summed E-state index contributed by atoms with van der Waals surface area (Å²) in [4.78, 5) is 41.6. The highest BCUT2D eigenvalue weighted by Gasteiger charge is 2.37. The van der Waals surface area contributed by atoms with Gasteiger partial charge in [0.25, 0.3) is 11.5 Å². The number of hydrogen-bond donors (Lipinski definition) is 2. The van der Waals surface area contributed by atoms with Gasteiger partial charge in [0.05, 0.1) is 6.61 Å². The molecule has 0 fully saturated rings. The number of aromatic nitrogens is 2. The van der Waals surface area contributed by atoms with Crippen molar-refractivity contribution in [2.24, 2.45) is 0 Å². The van der Waals surface area contributed by atoms with Crippen LogP contribution in [0.5, 0.6) is 5.75 Å². The van der Waals surface area contributed by atoms with Gasteiger partial charge in [-0.2, -0.15) is 0 Å². The van der Waals surface area contributed by atoms with Crippen molar-refractivity contribution >= 4 is 29.0 Å².